The third-order valence-corrected chi connectivity index (χ3v) is 6.26. The highest BCUT2D eigenvalue weighted by Crippen LogP contribution is 2.57. The molecule has 0 heterocycles. The lowest BCUT2D eigenvalue weighted by Crippen LogP contribution is -2.39. The van der Waals surface area contributed by atoms with E-state index in [1.165, 1.54) is 17.5 Å². The summed E-state index contributed by atoms with van der Waals surface area (Å²) in [7, 11) is 0. The predicted octanol–water partition coefficient (Wildman–Crippen LogP) is 5.06. The molecule has 0 saturated heterocycles. The molecule has 1 saturated carbocycles. The molecule has 23 heavy (non-hydrogen) atoms. The molecular formula is C22H20O. The van der Waals surface area contributed by atoms with Gasteiger partial charge in [-0.15, -0.1) is 0 Å². The summed E-state index contributed by atoms with van der Waals surface area (Å²) < 4.78 is 0. The fourth-order valence-corrected chi connectivity index (χ4v) is 5.06. The van der Waals surface area contributed by atoms with Gasteiger partial charge in [-0.05, 0) is 60.3 Å². The molecule has 1 spiro atoms. The Morgan fingerprint density at radius 2 is 1.83 bits per heavy atom. The fourth-order valence-electron chi connectivity index (χ4n) is 5.06. The van der Waals surface area contributed by atoms with Gasteiger partial charge < -0.3 is 0 Å². The predicted molar refractivity (Wildman–Crippen MR) is 92.3 cm³/mol. The molecule has 2 aromatic rings. The molecule has 3 aliphatic carbocycles. The molecule has 2 aromatic carbocycles. The molecule has 114 valence electrons. The Kier molecular flexibility index (Phi) is 2.70. The maximum absolute atomic E-state index is 13.4. The van der Waals surface area contributed by atoms with E-state index in [4.69, 9.17) is 0 Å². The highest BCUT2D eigenvalue weighted by atomic mass is 16.1. The number of benzene rings is 2. The minimum atomic E-state index is -0.0955. The SMILES string of the molecule is O=C1c2cc(-c3ccccc3)ccc2CCC12CC1C=CC2C1. The molecule has 1 nitrogen and oxygen atoms in total. The van der Waals surface area contributed by atoms with Crippen LogP contribution in [0.4, 0.5) is 0 Å². The number of hydrogen-bond donors (Lipinski definition) is 0. The van der Waals surface area contributed by atoms with E-state index in [1.807, 2.05) is 6.07 Å². The largest absolute Gasteiger partial charge is 0.294 e. The van der Waals surface area contributed by atoms with E-state index in [-0.39, 0.29) is 5.41 Å². The minimum absolute atomic E-state index is 0.0955. The lowest BCUT2D eigenvalue weighted by molar-refractivity contribution is 0.0702. The van der Waals surface area contributed by atoms with E-state index in [1.54, 1.807) is 0 Å². The van der Waals surface area contributed by atoms with Crippen molar-refractivity contribution in [2.75, 3.05) is 0 Å². The van der Waals surface area contributed by atoms with Crippen molar-refractivity contribution < 1.29 is 4.79 Å². The number of carbonyl (C=O) groups is 1. The smallest absolute Gasteiger partial charge is 0.169 e. The Morgan fingerprint density at radius 1 is 0.957 bits per heavy atom. The van der Waals surface area contributed by atoms with Crippen molar-refractivity contribution in [2.24, 2.45) is 17.3 Å². The zero-order valence-corrected chi connectivity index (χ0v) is 13.2. The van der Waals surface area contributed by atoms with Crippen LogP contribution in [-0.4, -0.2) is 5.78 Å². The van der Waals surface area contributed by atoms with Crippen LogP contribution in [0.15, 0.2) is 60.7 Å². The number of carbonyl (C=O) groups excluding carboxylic acids is 1. The fraction of sp³-hybridized carbons (Fsp3) is 0.318. The van der Waals surface area contributed by atoms with Crippen LogP contribution in [0.25, 0.3) is 11.1 Å². The van der Waals surface area contributed by atoms with E-state index in [9.17, 15) is 4.79 Å². The maximum Gasteiger partial charge on any atom is 0.169 e. The van der Waals surface area contributed by atoms with Gasteiger partial charge in [0, 0.05) is 11.0 Å². The zero-order valence-electron chi connectivity index (χ0n) is 13.2. The lowest BCUT2D eigenvalue weighted by atomic mass is 9.63. The topological polar surface area (TPSA) is 17.1 Å². The van der Waals surface area contributed by atoms with Gasteiger partial charge in [0.2, 0.25) is 0 Å². The van der Waals surface area contributed by atoms with Crippen molar-refractivity contribution in [1.82, 2.24) is 0 Å². The maximum atomic E-state index is 13.4. The Morgan fingerprint density at radius 3 is 2.57 bits per heavy atom. The number of aryl methyl sites for hydroxylation is 1. The van der Waals surface area contributed by atoms with E-state index >= 15 is 0 Å². The number of allylic oxidation sites excluding steroid dienone is 2. The first-order chi connectivity index (χ1) is 11.3. The van der Waals surface area contributed by atoms with Crippen LogP contribution in [-0.2, 0) is 6.42 Å². The van der Waals surface area contributed by atoms with Crippen molar-refractivity contribution in [3.05, 3.63) is 71.8 Å². The molecule has 0 aliphatic heterocycles. The molecule has 3 unspecified atom stereocenters. The number of rotatable bonds is 1. The van der Waals surface area contributed by atoms with Gasteiger partial charge in [-0.3, -0.25) is 4.79 Å². The summed E-state index contributed by atoms with van der Waals surface area (Å²) >= 11 is 0. The van der Waals surface area contributed by atoms with Gasteiger partial charge in [0.25, 0.3) is 0 Å². The highest BCUT2D eigenvalue weighted by Gasteiger charge is 2.54. The van der Waals surface area contributed by atoms with Gasteiger partial charge in [0.1, 0.15) is 0 Å². The Labute approximate surface area is 137 Å². The van der Waals surface area contributed by atoms with E-state index in [2.05, 4.69) is 54.6 Å². The van der Waals surface area contributed by atoms with Crippen LogP contribution in [0, 0.1) is 17.3 Å². The van der Waals surface area contributed by atoms with Crippen molar-refractivity contribution in [1.29, 1.82) is 0 Å². The van der Waals surface area contributed by atoms with Crippen LogP contribution < -0.4 is 0 Å². The Balaban J connectivity index is 1.59. The molecule has 3 aliphatic rings. The van der Waals surface area contributed by atoms with Gasteiger partial charge in [-0.25, -0.2) is 0 Å². The summed E-state index contributed by atoms with van der Waals surface area (Å²) in [4.78, 5) is 13.4. The first-order valence-corrected chi connectivity index (χ1v) is 8.68. The van der Waals surface area contributed by atoms with E-state index in [0.29, 0.717) is 17.6 Å². The molecule has 3 atom stereocenters. The first kappa shape index (κ1) is 13.3. The van der Waals surface area contributed by atoms with Crippen molar-refractivity contribution >= 4 is 5.78 Å². The van der Waals surface area contributed by atoms with Crippen molar-refractivity contribution in [2.45, 2.75) is 25.7 Å². The summed E-state index contributed by atoms with van der Waals surface area (Å²) in [5, 5.41) is 0. The summed E-state index contributed by atoms with van der Waals surface area (Å²) in [5.41, 5.74) is 4.48. The van der Waals surface area contributed by atoms with Gasteiger partial charge in [-0.2, -0.15) is 0 Å². The number of ketones is 1. The second-order valence-electron chi connectivity index (χ2n) is 7.41. The third-order valence-electron chi connectivity index (χ3n) is 6.26. The van der Waals surface area contributed by atoms with Gasteiger partial charge in [0.15, 0.2) is 5.78 Å². The molecular weight excluding hydrogens is 280 g/mol. The van der Waals surface area contributed by atoms with Crippen LogP contribution >= 0.6 is 0 Å². The third kappa shape index (κ3) is 1.83. The van der Waals surface area contributed by atoms with Gasteiger partial charge >= 0.3 is 0 Å². The molecule has 1 fully saturated rings. The summed E-state index contributed by atoms with van der Waals surface area (Å²) in [6.07, 6.45) is 9.00. The van der Waals surface area contributed by atoms with Gasteiger partial charge in [0.05, 0.1) is 0 Å². The summed E-state index contributed by atoms with van der Waals surface area (Å²) in [6, 6.07) is 16.9. The quantitative estimate of drug-likeness (QED) is 0.672. The Hall–Kier alpha value is -2.15. The normalized spacial score (nSPS) is 30.9. The van der Waals surface area contributed by atoms with Crippen LogP contribution in [0.5, 0.6) is 0 Å². The average molecular weight is 300 g/mol. The number of fused-ring (bicyclic) bond motifs is 4. The first-order valence-electron chi connectivity index (χ1n) is 8.68. The number of Topliss-reactive ketones (excluding diaryl/α,β-unsaturated/α-hetero) is 1. The molecule has 0 aromatic heterocycles. The van der Waals surface area contributed by atoms with Gasteiger partial charge in [-0.1, -0.05) is 54.6 Å². The molecule has 1 heteroatoms. The standard InChI is InChI=1S/C22H20O/c23-21-20-13-18(16-4-2-1-3-5-16)8-7-17(20)10-11-22(21)14-15-6-9-19(22)12-15/h1-9,13,15,19H,10-12,14H2. The summed E-state index contributed by atoms with van der Waals surface area (Å²) in [5.74, 6) is 1.53. The van der Waals surface area contributed by atoms with Crippen LogP contribution in [0.1, 0.15) is 35.2 Å². The van der Waals surface area contributed by atoms with Crippen molar-refractivity contribution in [3.63, 3.8) is 0 Å². The average Bonchev–Trinajstić information content (AvgIpc) is 3.21. The summed E-state index contributed by atoms with van der Waals surface area (Å²) in [6.45, 7) is 0. The van der Waals surface area contributed by atoms with Crippen LogP contribution in [0.3, 0.4) is 0 Å². The second-order valence-corrected chi connectivity index (χ2v) is 7.41. The highest BCUT2D eigenvalue weighted by molar-refractivity contribution is 6.04. The van der Waals surface area contributed by atoms with E-state index < -0.39 is 0 Å². The van der Waals surface area contributed by atoms with E-state index in [0.717, 1.165) is 30.4 Å². The number of hydrogen-bond acceptors (Lipinski definition) is 1. The van der Waals surface area contributed by atoms with Crippen LogP contribution in [0.2, 0.25) is 0 Å². The molecule has 0 amide bonds. The zero-order chi connectivity index (χ0) is 15.4. The minimum Gasteiger partial charge on any atom is -0.294 e. The lowest BCUT2D eigenvalue weighted by Gasteiger charge is -2.38. The molecule has 0 N–H and O–H groups in total. The molecule has 2 bridgehead atoms. The Bertz CT molecular complexity index is 817. The molecule has 5 rings (SSSR count). The second kappa shape index (κ2) is 4.67. The molecule has 0 radical (unpaired) electrons. The van der Waals surface area contributed by atoms with Crippen molar-refractivity contribution in [3.8, 4) is 11.1 Å². The monoisotopic (exact) mass is 300 g/mol.